The van der Waals surface area contributed by atoms with Gasteiger partial charge in [-0.15, -0.1) is 0 Å². The van der Waals surface area contributed by atoms with Crippen LogP contribution in [0, 0.1) is 5.92 Å². The predicted octanol–water partition coefficient (Wildman–Crippen LogP) is 1.05. The number of nitrogens with zero attached hydrogens (tertiary/aromatic N) is 1. The maximum Gasteiger partial charge on any atom is 0.409 e. The fraction of sp³-hybridized carbons (Fsp3) is 0.778. The van der Waals surface area contributed by atoms with Crippen LogP contribution in [0.4, 0.5) is 4.79 Å². The van der Waals surface area contributed by atoms with Gasteiger partial charge in [0.1, 0.15) is 6.29 Å². The van der Waals surface area contributed by atoms with Gasteiger partial charge in [-0.3, -0.25) is 0 Å². The summed E-state index contributed by atoms with van der Waals surface area (Å²) in [4.78, 5) is 23.1. The van der Waals surface area contributed by atoms with Crippen molar-refractivity contribution in [3.8, 4) is 0 Å². The molecular formula is C9H15NO3. The van der Waals surface area contributed by atoms with E-state index in [1.807, 2.05) is 0 Å². The monoisotopic (exact) mass is 185 g/mol. The molecule has 1 unspecified atom stereocenters. The summed E-state index contributed by atoms with van der Waals surface area (Å²) in [5.74, 6) is 0.335. The lowest BCUT2D eigenvalue weighted by molar-refractivity contribution is -0.108. The molecule has 4 heteroatoms. The van der Waals surface area contributed by atoms with E-state index in [9.17, 15) is 9.59 Å². The molecule has 0 bridgehead atoms. The Morgan fingerprint density at radius 2 is 2.46 bits per heavy atom. The van der Waals surface area contributed by atoms with Gasteiger partial charge in [0.25, 0.3) is 0 Å². The highest BCUT2D eigenvalue weighted by molar-refractivity contribution is 5.68. The van der Waals surface area contributed by atoms with Crippen LogP contribution in [0.15, 0.2) is 0 Å². The zero-order chi connectivity index (χ0) is 9.68. The smallest absolute Gasteiger partial charge is 0.409 e. The average Bonchev–Trinajstić information content (AvgIpc) is 2.54. The van der Waals surface area contributed by atoms with E-state index in [2.05, 4.69) is 0 Å². The van der Waals surface area contributed by atoms with Gasteiger partial charge in [0.05, 0.1) is 6.61 Å². The van der Waals surface area contributed by atoms with Gasteiger partial charge >= 0.3 is 6.09 Å². The SMILES string of the molecule is CCOC(=O)N1CCC(CC=O)C1. The number of carbonyl (C=O) groups excluding carboxylic acids is 2. The third kappa shape index (κ3) is 2.72. The number of rotatable bonds is 3. The Kier molecular flexibility index (Phi) is 3.73. The molecule has 1 aliphatic rings. The van der Waals surface area contributed by atoms with E-state index in [-0.39, 0.29) is 6.09 Å². The first-order valence-electron chi connectivity index (χ1n) is 4.63. The summed E-state index contributed by atoms with van der Waals surface area (Å²) in [7, 11) is 0. The van der Waals surface area contributed by atoms with Crippen LogP contribution < -0.4 is 0 Å². The summed E-state index contributed by atoms with van der Waals surface area (Å²) < 4.78 is 4.85. The Morgan fingerprint density at radius 1 is 1.69 bits per heavy atom. The van der Waals surface area contributed by atoms with Crippen molar-refractivity contribution in [3.63, 3.8) is 0 Å². The minimum atomic E-state index is -0.254. The van der Waals surface area contributed by atoms with Gasteiger partial charge in [-0.05, 0) is 19.3 Å². The standard InChI is InChI=1S/C9H15NO3/c1-2-13-9(12)10-5-3-8(7-10)4-6-11/h6,8H,2-5,7H2,1H3. The number of ether oxygens (including phenoxy) is 1. The number of likely N-dealkylation sites (tertiary alicyclic amines) is 1. The van der Waals surface area contributed by atoms with Gasteiger partial charge in [-0.1, -0.05) is 0 Å². The number of amides is 1. The van der Waals surface area contributed by atoms with Crippen LogP contribution in [0.2, 0.25) is 0 Å². The molecule has 1 rings (SSSR count). The fourth-order valence-corrected chi connectivity index (χ4v) is 1.54. The second kappa shape index (κ2) is 4.84. The molecule has 0 N–H and O–H groups in total. The van der Waals surface area contributed by atoms with Crippen molar-refractivity contribution in [2.24, 2.45) is 5.92 Å². The molecule has 0 spiro atoms. The quantitative estimate of drug-likeness (QED) is 0.617. The predicted molar refractivity (Wildman–Crippen MR) is 47.4 cm³/mol. The van der Waals surface area contributed by atoms with E-state index in [1.54, 1.807) is 11.8 Å². The van der Waals surface area contributed by atoms with Crippen LogP contribution in [0.1, 0.15) is 19.8 Å². The molecule has 1 atom stereocenters. The minimum absolute atomic E-state index is 0.254. The van der Waals surface area contributed by atoms with Crippen molar-refractivity contribution in [2.75, 3.05) is 19.7 Å². The second-order valence-corrected chi connectivity index (χ2v) is 3.20. The number of carbonyl (C=O) groups is 2. The van der Waals surface area contributed by atoms with E-state index >= 15 is 0 Å². The third-order valence-electron chi connectivity index (χ3n) is 2.24. The number of hydrogen-bond acceptors (Lipinski definition) is 3. The van der Waals surface area contributed by atoms with Crippen LogP contribution in [-0.4, -0.2) is 37.0 Å². The molecule has 74 valence electrons. The van der Waals surface area contributed by atoms with Gasteiger partial charge < -0.3 is 14.4 Å². The van der Waals surface area contributed by atoms with Crippen LogP contribution in [0.3, 0.4) is 0 Å². The lowest BCUT2D eigenvalue weighted by atomic mass is 10.1. The van der Waals surface area contributed by atoms with Crippen LogP contribution in [0.5, 0.6) is 0 Å². The van der Waals surface area contributed by atoms with E-state index in [1.165, 1.54) is 0 Å². The first-order chi connectivity index (χ1) is 6.27. The van der Waals surface area contributed by atoms with E-state index < -0.39 is 0 Å². The number of hydrogen-bond donors (Lipinski definition) is 0. The normalized spacial score (nSPS) is 21.6. The Balaban J connectivity index is 2.31. The molecule has 0 saturated carbocycles. The first kappa shape index (κ1) is 10.0. The largest absolute Gasteiger partial charge is 0.450 e. The summed E-state index contributed by atoms with van der Waals surface area (Å²) in [6, 6.07) is 0. The van der Waals surface area contributed by atoms with Gasteiger partial charge in [0.2, 0.25) is 0 Å². The van der Waals surface area contributed by atoms with Gasteiger partial charge in [0, 0.05) is 19.5 Å². The molecule has 1 fully saturated rings. The second-order valence-electron chi connectivity index (χ2n) is 3.20. The fourth-order valence-electron chi connectivity index (χ4n) is 1.54. The minimum Gasteiger partial charge on any atom is -0.450 e. The van der Waals surface area contributed by atoms with E-state index in [0.717, 1.165) is 19.3 Å². The van der Waals surface area contributed by atoms with Crippen molar-refractivity contribution in [2.45, 2.75) is 19.8 Å². The van der Waals surface area contributed by atoms with Crippen molar-refractivity contribution < 1.29 is 14.3 Å². The highest BCUT2D eigenvalue weighted by Gasteiger charge is 2.26. The van der Waals surface area contributed by atoms with Crippen molar-refractivity contribution >= 4 is 12.4 Å². The van der Waals surface area contributed by atoms with E-state index in [0.29, 0.717) is 25.5 Å². The van der Waals surface area contributed by atoms with Crippen LogP contribution in [-0.2, 0) is 9.53 Å². The first-order valence-corrected chi connectivity index (χ1v) is 4.63. The molecule has 0 radical (unpaired) electrons. The average molecular weight is 185 g/mol. The summed E-state index contributed by atoms with van der Waals surface area (Å²) >= 11 is 0. The molecule has 0 aromatic heterocycles. The Morgan fingerprint density at radius 3 is 3.08 bits per heavy atom. The molecular weight excluding hydrogens is 170 g/mol. The Labute approximate surface area is 77.8 Å². The summed E-state index contributed by atoms with van der Waals surface area (Å²) in [5.41, 5.74) is 0. The van der Waals surface area contributed by atoms with Crippen LogP contribution in [0.25, 0.3) is 0 Å². The lowest BCUT2D eigenvalue weighted by Gasteiger charge is -2.14. The van der Waals surface area contributed by atoms with Gasteiger partial charge in [-0.25, -0.2) is 4.79 Å². The number of aldehydes is 1. The maximum atomic E-state index is 11.2. The van der Waals surface area contributed by atoms with Gasteiger partial charge in [-0.2, -0.15) is 0 Å². The zero-order valence-electron chi connectivity index (χ0n) is 7.86. The molecule has 1 aliphatic heterocycles. The van der Waals surface area contributed by atoms with Crippen molar-refractivity contribution in [1.29, 1.82) is 0 Å². The summed E-state index contributed by atoms with van der Waals surface area (Å²) in [6.07, 6.45) is 2.13. The molecule has 1 saturated heterocycles. The molecule has 0 aliphatic carbocycles. The van der Waals surface area contributed by atoms with Crippen LogP contribution >= 0.6 is 0 Å². The van der Waals surface area contributed by atoms with Gasteiger partial charge in [0.15, 0.2) is 0 Å². The van der Waals surface area contributed by atoms with Crippen molar-refractivity contribution in [3.05, 3.63) is 0 Å². The van der Waals surface area contributed by atoms with E-state index in [4.69, 9.17) is 4.74 Å². The molecule has 4 nitrogen and oxygen atoms in total. The maximum absolute atomic E-state index is 11.2. The lowest BCUT2D eigenvalue weighted by Crippen LogP contribution is -2.29. The molecule has 13 heavy (non-hydrogen) atoms. The topological polar surface area (TPSA) is 46.6 Å². The third-order valence-corrected chi connectivity index (χ3v) is 2.24. The Hall–Kier alpha value is -1.06. The summed E-state index contributed by atoms with van der Waals surface area (Å²) in [5, 5.41) is 0. The molecule has 1 heterocycles. The Bertz CT molecular complexity index is 193. The molecule has 1 amide bonds. The van der Waals surface area contributed by atoms with Crippen molar-refractivity contribution in [1.82, 2.24) is 4.90 Å². The highest BCUT2D eigenvalue weighted by atomic mass is 16.6. The highest BCUT2D eigenvalue weighted by Crippen LogP contribution is 2.18. The summed E-state index contributed by atoms with van der Waals surface area (Å²) in [6.45, 7) is 3.58. The molecule has 0 aromatic carbocycles. The zero-order valence-corrected chi connectivity index (χ0v) is 7.86. The molecule has 0 aromatic rings.